The maximum Gasteiger partial charge on any atom is 0.171 e. The number of nitrogens with zero attached hydrogens (tertiary/aromatic N) is 3. The number of rotatable bonds is 3. The highest BCUT2D eigenvalue weighted by molar-refractivity contribution is 7.13. The predicted octanol–water partition coefficient (Wildman–Crippen LogP) is 1.96. The van der Waals surface area contributed by atoms with E-state index >= 15 is 0 Å². The number of likely N-dealkylation sites (N-methyl/N-ethyl adjacent to an activating group) is 1. The van der Waals surface area contributed by atoms with E-state index in [2.05, 4.69) is 28.8 Å². The van der Waals surface area contributed by atoms with Crippen LogP contribution in [-0.4, -0.2) is 53.8 Å². The lowest BCUT2D eigenvalue weighted by atomic mass is 10.2. The summed E-state index contributed by atoms with van der Waals surface area (Å²) < 4.78 is 0. The minimum atomic E-state index is 0.127. The Kier molecular flexibility index (Phi) is 4.14. The number of piperazine rings is 1. The quantitative estimate of drug-likeness (QED) is 0.785. The summed E-state index contributed by atoms with van der Waals surface area (Å²) in [7, 11) is 2.16. The van der Waals surface area contributed by atoms with E-state index in [0.717, 1.165) is 41.8 Å². The molecule has 1 aromatic rings. The van der Waals surface area contributed by atoms with Gasteiger partial charge in [0.15, 0.2) is 5.78 Å². The van der Waals surface area contributed by atoms with Crippen LogP contribution in [0.3, 0.4) is 0 Å². The molecule has 1 saturated heterocycles. The van der Waals surface area contributed by atoms with Crippen LogP contribution >= 0.6 is 11.3 Å². The SMILES string of the molecule is CC(=O)c1sc(C(C)N2CCN(C)CC2)nc1C. The fourth-order valence-corrected chi connectivity index (χ4v) is 3.34. The lowest BCUT2D eigenvalue weighted by Gasteiger charge is -2.35. The van der Waals surface area contributed by atoms with Crippen molar-refractivity contribution in [1.29, 1.82) is 0 Å². The molecule has 0 aromatic carbocycles. The first kappa shape index (κ1) is 13.6. The first-order valence-corrected chi connectivity index (χ1v) is 7.21. The fourth-order valence-electron chi connectivity index (χ4n) is 2.29. The molecule has 0 saturated carbocycles. The van der Waals surface area contributed by atoms with Crippen LogP contribution in [0, 0.1) is 6.92 Å². The summed E-state index contributed by atoms with van der Waals surface area (Å²) in [6.07, 6.45) is 0. The zero-order valence-corrected chi connectivity index (χ0v) is 12.4. The Morgan fingerprint density at radius 1 is 1.33 bits per heavy atom. The molecule has 0 amide bonds. The summed E-state index contributed by atoms with van der Waals surface area (Å²) in [4.78, 5) is 21.6. The van der Waals surface area contributed by atoms with Crippen LogP contribution in [0.1, 0.15) is 40.3 Å². The van der Waals surface area contributed by atoms with Gasteiger partial charge in [-0.15, -0.1) is 11.3 Å². The Bertz CT molecular complexity index is 435. The molecule has 1 fully saturated rings. The molecule has 1 aromatic heterocycles. The van der Waals surface area contributed by atoms with Crippen molar-refractivity contribution >= 4 is 17.1 Å². The number of Topliss-reactive ketones (excluding diaryl/α,β-unsaturated/α-hetero) is 1. The van der Waals surface area contributed by atoms with Crippen molar-refractivity contribution in [2.75, 3.05) is 33.2 Å². The molecular weight excluding hydrogens is 246 g/mol. The maximum atomic E-state index is 11.5. The lowest BCUT2D eigenvalue weighted by molar-refractivity contribution is 0.102. The third-order valence-corrected chi connectivity index (χ3v) is 5.00. The highest BCUT2D eigenvalue weighted by atomic mass is 32.1. The summed E-state index contributed by atoms with van der Waals surface area (Å²) >= 11 is 1.55. The number of hydrogen-bond donors (Lipinski definition) is 0. The summed E-state index contributed by atoms with van der Waals surface area (Å²) in [5.74, 6) is 0.127. The molecule has 0 aliphatic carbocycles. The monoisotopic (exact) mass is 267 g/mol. The first-order valence-electron chi connectivity index (χ1n) is 6.40. The van der Waals surface area contributed by atoms with Crippen molar-refractivity contribution < 1.29 is 4.79 Å². The summed E-state index contributed by atoms with van der Waals surface area (Å²) in [5, 5.41) is 1.07. The van der Waals surface area contributed by atoms with Gasteiger partial charge in [-0.2, -0.15) is 0 Å². The molecule has 0 N–H and O–H groups in total. The summed E-state index contributed by atoms with van der Waals surface area (Å²) in [5.41, 5.74) is 0.878. The molecule has 0 spiro atoms. The Balaban J connectivity index is 2.11. The van der Waals surface area contributed by atoms with Crippen molar-refractivity contribution in [2.24, 2.45) is 0 Å². The Morgan fingerprint density at radius 3 is 2.44 bits per heavy atom. The van der Waals surface area contributed by atoms with Crippen LogP contribution in [0.25, 0.3) is 0 Å². The molecule has 1 aliphatic rings. The Labute approximate surface area is 113 Å². The minimum absolute atomic E-state index is 0.127. The van der Waals surface area contributed by atoms with E-state index in [0.29, 0.717) is 6.04 Å². The van der Waals surface area contributed by atoms with Crippen LogP contribution in [0.2, 0.25) is 0 Å². The molecule has 2 heterocycles. The molecule has 5 heteroatoms. The van der Waals surface area contributed by atoms with E-state index in [-0.39, 0.29) is 5.78 Å². The van der Waals surface area contributed by atoms with Gasteiger partial charge in [0, 0.05) is 33.1 Å². The van der Waals surface area contributed by atoms with Gasteiger partial charge in [-0.3, -0.25) is 9.69 Å². The third kappa shape index (κ3) is 2.79. The molecule has 18 heavy (non-hydrogen) atoms. The van der Waals surface area contributed by atoms with Crippen molar-refractivity contribution in [3.8, 4) is 0 Å². The second kappa shape index (κ2) is 5.47. The average Bonchev–Trinajstić information content (AvgIpc) is 2.71. The van der Waals surface area contributed by atoms with Gasteiger partial charge in [-0.1, -0.05) is 0 Å². The van der Waals surface area contributed by atoms with E-state index < -0.39 is 0 Å². The van der Waals surface area contributed by atoms with E-state index in [1.165, 1.54) is 0 Å². The number of aryl methyl sites for hydroxylation is 1. The van der Waals surface area contributed by atoms with E-state index in [1.54, 1.807) is 18.3 Å². The molecule has 4 nitrogen and oxygen atoms in total. The lowest BCUT2D eigenvalue weighted by Crippen LogP contribution is -2.45. The summed E-state index contributed by atoms with van der Waals surface area (Å²) in [6.45, 7) is 10.1. The van der Waals surface area contributed by atoms with Gasteiger partial charge >= 0.3 is 0 Å². The molecule has 2 rings (SSSR count). The van der Waals surface area contributed by atoms with Gasteiger partial charge in [0.1, 0.15) is 5.01 Å². The zero-order chi connectivity index (χ0) is 13.3. The van der Waals surface area contributed by atoms with Gasteiger partial charge < -0.3 is 4.90 Å². The molecule has 1 aliphatic heterocycles. The van der Waals surface area contributed by atoms with E-state index in [9.17, 15) is 4.79 Å². The standard InChI is InChI=1S/C13H21N3OS/c1-9-12(11(3)17)18-13(14-9)10(2)16-7-5-15(4)6-8-16/h10H,5-8H2,1-4H3. The van der Waals surface area contributed by atoms with Crippen LogP contribution in [-0.2, 0) is 0 Å². The zero-order valence-electron chi connectivity index (χ0n) is 11.6. The minimum Gasteiger partial charge on any atom is -0.304 e. The second-order valence-corrected chi connectivity index (χ2v) is 6.07. The van der Waals surface area contributed by atoms with Gasteiger partial charge in [0.25, 0.3) is 0 Å². The van der Waals surface area contributed by atoms with Crippen molar-refractivity contribution in [3.05, 3.63) is 15.6 Å². The molecule has 0 radical (unpaired) electrons. The highest BCUT2D eigenvalue weighted by Gasteiger charge is 2.24. The van der Waals surface area contributed by atoms with Crippen LogP contribution in [0.15, 0.2) is 0 Å². The molecule has 1 unspecified atom stereocenters. The second-order valence-electron chi connectivity index (χ2n) is 5.04. The van der Waals surface area contributed by atoms with Crippen molar-refractivity contribution in [2.45, 2.75) is 26.8 Å². The Hall–Kier alpha value is -0.780. The molecule has 100 valence electrons. The predicted molar refractivity (Wildman–Crippen MR) is 74.3 cm³/mol. The third-order valence-electron chi connectivity index (χ3n) is 3.58. The van der Waals surface area contributed by atoms with Crippen LogP contribution < -0.4 is 0 Å². The van der Waals surface area contributed by atoms with Crippen LogP contribution in [0.5, 0.6) is 0 Å². The van der Waals surface area contributed by atoms with Crippen LogP contribution in [0.4, 0.5) is 0 Å². The molecular formula is C13H21N3OS. The van der Waals surface area contributed by atoms with Gasteiger partial charge in [0.2, 0.25) is 0 Å². The number of thiazole rings is 1. The van der Waals surface area contributed by atoms with Crippen molar-refractivity contribution in [3.63, 3.8) is 0 Å². The number of carbonyl (C=O) groups is 1. The van der Waals surface area contributed by atoms with Gasteiger partial charge in [-0.25, -0.2) is 4.98 Å². The number of ketones is 1. The topological polar surface area (TPSA) is 36.4 Å². The molecule has 0 bridgehead atoms. The summed E-state index contributed by atoms with van der Waals surface area (Å²) in [6, 6.07) is 0.315. The maximum absolute atomic E-state index is 11.5. The van der Waals surface area contributed by atoms with E-state index in [1.807, 2.05) is 6.92 Å². The van der Waals surface area contributed by atoms with E-state index in [4.69, 9.17) is 0 Å². The highest BCUT2D eigenvalue weighted by Crippen LogP contribution is 2.28. The van der Waals surface area contributed by atoms with Gasteiger partial charge in [-0.05, 0) is 20.9 Å². The Morgan fingerprint density at radius 2 is 1.94 bits per heavy atom. The number of aromatic nitrogens is 1. The largest absolute Gasteiger partial charge is 0.304 e. The number of carbonyl (C=O) groups excluding carboxylic acids is 1. The smallest absolute Gasteiger partial charge is 0.171 e. The molecule has 1 atom stereocenters. The number of hydrogen-bond acceptors (Lipinski definition) is 5. The van der Waals surface area contributed by atoms with Crippen molar-refractivity contribution in [1.82, 2.24) is 14.8 Å². The average molecular weight is 267 g/mol. The van der Waals surface area contributed by atoms with Gasteiger partial charge in [0.05, 0.1) is 16.6 Å². The normalized spacial score (nSPS) is 20.0. The first-order chi connectivity index (χ1) is 8.49. The fraction of sp³-hybridized carbons (Fsp3) is 0.692.